The molecule has 6 nitrogen and oxygen atoms in total. The van der Waals surface area contributed by atoms with Crippen molar-refractivity contribution in [1.29, 1.82) is 0 Å². The van der Waals surface area contributed by atoms with Gasteiger partial charge in [0, 0.05) is 6.92 Å². The Labute approximate surface area is 162 Å². The van der Waals surface area contributed by atoms with E-state index in [1.54, 1.807) is 12.1 Å². The molecule has 142 valence electrons. The standard InChI is InChI=1S/C22H18O6/c1-4-8-16(5-2)21(24)27-17-11-13-18(14-12-17)28-22(25)19-9-6-7-10-20(19)26-15(3)23/h4-14H,1-2H2,3H3. The summed E-state index contributed by atoms with van der Waals surface area (Å²) in [5.74, 6) is -1.22. The molecule has 0 heterocycles. The van der Waals surface area contributed by atoms with Gasteiger partial charge in [-0.3, -0.25) is 4.79 Å². The van der Waals surface area contributed by atoms with Gasteiger partial charge in [0.15, 0.2) is 0 Å². The van der Waals surface area contributed by atoms with E-state index in [2.05, 4.69) is 13.2 Å². The van der Waals surface area contributed by atoms with Crippen molar-refractivity contribution in [3.05, 3.63) is 91.1 Å². The zero-order chi connectivity index (χ0) is 20.5. The fourth-order valence-electron chi connectivity index (χ4n) is 2.13. The lowest BCUT2D eigenvalue weighted by Gasteiger charge is -2.09. The first-order valence-corrected chi connectivity index (χ1v) is 8.21. The first-order chi connectivity index (χ1) is 13.4. The molecule has 0 aliphatic carbocycles. The maximum absolute atomic E-state index is 12.4. The summed E-state index contributed by atoms with van der Waals surface area (Å²) in [5, 5.41) is 0. The highest BCUT2D eigenvalue weighted by Crippen LogP contribution is 2.23. The smallest absolute Gasteiger partial charge is 0.347 e. The molecule has 2 rings (SSSR count). The van der Waals surface area contributed by atoms with Gasteiger partial charge in [0.25, 0.3) is 0 Å². The average Bonchev–Trinajstić information content (AvgIpc) is 2.67. The van der Waals surface area contributed by atoms with Crippen molar-refractivity contribution in [2.75, 3.05) is 0 Å². The fraction of sp³-hybridized carbons (Fsp3) is 0.0455. The fourth-order valence-corrected chi connectivity index (χ4v) is 2.13. The van der Waals surface area contributed by atoms with Crippen LogP contribution in [0.1, 0.15) is 17.3 Å². The van der Waals surface area contributed by atoms with Gasteiger partial charge in [0.1, 0.15) is 22.8 Å². The van der Waals surface area contributed by atoms with Crippen molar-refractivity contribution in [2.24, 2.45) is 0 Å². The van der Waals surface area contributed by atoms with E-state index in [0.29, 0.717) is 0 Å². The largest absolute Gasteiger partial charge is 0.426 e. The van der Waals surface area contributed by atoms with Crippen molar-refractivity contribution >= 4 is 17.9 Å². The summed E-state index contributed by atoms with van der Waals surface area (Å²) < 4.78 is 15.5. The number of esters is 3. The Bertz CT molecular complexity index is 938. The van der Waals surface area contributed by atoms with Gasteiger partial charge in [-0.25, -0.2) is 9.59 Å². The number of benzene rings is 2. The normalized spacial score (nSPS) is 10.5. The van der Waals surface area contributed by atoms with Crippen LogP contribution in [0.5, 0.6) is 17.2 Å². The van der Waals surface area contributed by atoms with Gasteiger partial charge in [-0.2, -0.15) is 0 Å². The monoisotopic (exact) mass is 378 g/mol. The Morgan fingerprint density at radius 3 is 2.04 bits per heavy atom. The Morgan fingerprint density at radius 1 is 0.857 bits per heavy atom. The zero-order valence-corrected chi connectivity index (χ0v) is 15.2. The van der Waals surface area contributed by atoms with Gasteiger partial charge in [0.2, 0.25) is 0 Å². The highest BCUT2D eigenvalue weighted by atomic mass is 16.6. The minimum atomic E-state index is -0.690. The predicted molar refractivity (Wildman–Crippen MR) is 103 cm³/mol. The van der Waals surface area contributed by atoms with Crippen LogP contribution in [0.3, 0.4) is 0 Å². The molecule has 0 aliphatic rings. The molecular weight excluding hydrogens is 360 g/mol. The molecule has 0 saturated carbocycles. The molecular formula is C22H18O6. The van der Waals surface area contributed by atoms with E-state index in [1.165, 1.54) is 61.5 Å². The number of carbonyl (C=O) groups is 3. The zero-order valence-electron chi connectivity index (χ0n) is 15.2. The summed E-state index contributed by atoms with van der Waals surface area (Å²) >= 11 is 0. The average molecular weight is 378 g/mol. The molecule has 0 radical (unpaired) electrons. The summed E-state index contributed by atoms with van der Waals surface area (Å²) in [4.78, 5) is 35.5. The SMILES string of the molecule is C=CC=C(C=C)C(=O)Oc1ccc(OC(=O)c2ccccc2OC(C)=O)cc1. The second-order valence-electron chi connectivity index (χ2n) is 5.40. The van der Waals surface area contributed by atoms with Gasteiger partial charge in [-0.05, 0) is 42.5 Å². The summed E-state index contributed by atoms with van der Waals surface area (Å²) in [6.45, 7) is 8.29. The van der Waals surface area contributed by atoms with E-state index in [-0.39, 0.29) is 28.4 Å². The first-order valence-electron chi connectivity index (χ1n) is 8.21. The van der Waals surface area contributed by atoms with Gasteiger partial charge in [-0.15, -0.1) is 0 Å². The van der Waals surface area contributed by atoms with Gasteiger partial charge >= 0.3 is 17.9 Å². The third kappa shape index (κ3) is 5.54. The molecule has 0 N–H and O–H groups in total. The lowest BCUT2D eigenvalue weighted by atomic mass is 10.2. The minimum Gasteiger partial charge on any atom is -0.426 e. The van der Waals surface area contributed by atoms with Gasteiger partial charge < -0.3 is 14.2 Å². The van der Waals surface area contributed by atoms with Crippen LogP contribution in [0.2, 0.25) is 0 Å². The number of allylic oxidation sites excluding steroid dienone is 2. The highest BCUT2D eigenvalue weighted by molar-refractivity contribution is 5.95. The second kappa shape index (κ2) is 9.68. The molecule has 0 aliphatic heterocycles. The van der Waals surface area contributed by atoms with E-state index >= 15 is 0 Å². The quantitative estimate of drug-likeness (QED) is 0.313. The van der Waals surface area contributed by atoms with Crippen molar-refractivity contribution < 1.29 is 28.6 Å². The Hall–Kier alpha value is -3.93. The number of rotatable bonds is 7. The van der Waals surface area contributed by atoms with E-state index in [0.717, 1.165) is 0 Å². The number of hydrogen-bond acceptors (Lipinski definition) is 6. The van der Waals surface area contributed by atoms with Crippen LogP contribution in [0.15, 0.2) is 85.5 Å². The number of ether oxygens (including phenoxy) is 3. The maximum Gasteiger partial charge on any atom is 0.347 e. The van der Waals surface area contributed by atoms with Crippen molar-refractivity contribution in [2.45, 2.75) is 6.92 Å². The molecule has 0 spiro atoms. The number of para-hydroxylation sites is 1. The van der Waals surface area contributed by atoms with Crippen molar-refractivity contribution in [3.8, 4) is 17.2 Å². The molecule has 0 atom stereocenters. The molecule has 0 unspecified atom stereocenters. The van der Waals surface area contributed by atoms with Crippen LogP contribution >= 0.6 is 0 Å². The summed E-state index contributed by atoms with van der Waals surface area (Å²) in [6.07, 6.45) is 4.29. The van der Waals surface area contributed by atoms with E-state index in [1.807, 2.05) is 0 Å². The minimum absolute atomic E-state index is 0.108. The Kier molecular flexibility index (Phi) is 7.05. The molecule has 0 amide bonds. The van der Waals surface area contributed by atoms with Crippen LogP contribution in [0.25, 0.3) is 0 Å². The Morgan fingerprint density at radius 2 is 1.46 bits per heavy atom. The van der Waals surface area contributed by atoms with Crippen LogP contribution in [-0.4, -0.2) is 17.9 Å². The second-order valence-corrected chi connectivity index (χ2v) is 5.40. The first kappa shape index (κ1) is 20.4. The Balaban J connectivity index is 2.09. The third-order valence-corrected chi connectivity index (χ3v) is 3.36. The molecule has 2 aromatic rings. The highest BCUT2D eigenvalue weighted by Gasteiger charge is 2.16. The van der Waals surface area contributed by atoms with Gasteiger partial charge in [0.05, 0.1) is 5.57 Å². The van der Waals surface area contributed by atoms with Crippen LogP contribution in [-0.2, 0) is 9.59 Å². The number of hydrogen-bond donors (Lipinski definition) is 0. The molecule has 0 fully saturated rings. The molecule has 28 heavy (non-hydrogen) atoms. The van der Waals surface area contributed by atoms with Crippen molar-refractivity contribution in [3.63, 3.8) is 0 Å². The molecule has 0 aromatic heterocycles. The summed E-state index contributed by atoms with van der Waals surface area (Å²) in [6, 6.07) is 12.1. The van der Waals surface area contributed by atoms with E-state index < -0.39 is 17.9 Å². The molecule has 0 bridgehead atoms. The van der Waals surface area contributed by atoms with Crippen LogP contribution in [0.4, 0.5) is 0 Å². The van der Waals surface area contributed by atoms with E-state index in [4.69, 9.17) is 14.2 Å². The van der Waals surface area contributed by atoms with Gasteiger partial charge in [-0.1, -0.05) is 37.4 Å². The lowest BCUT2D eigenvalue weighted by molar-refractivity contribution is -0.132. The van der Waals surface area contributed by atoms with Crippen LogP contribution < -0.4 is 14.2 Å². The third-order valence-electron chi connectivity index (χ3n) is 3.36. The van der Waals surface area contributed by atoms with Crippen LogP contribution in [0, 0.1) is 0 Å². The summed E-state index contributed by atoms with van der Waals surface area (Å²) in [5.41, 5.74) is 0.367. The maximum atomic E-state index is 12.4. The molecule has 6 heteroatoms. The predicted octanol–water partition coefficient (Wildman–Crippen LogP) is 4.03. The molecule has 0 saturated heterocycles. The number of carbonyl (C=O) groups excluding carboxylic acids is 3. The van der Waals surface area contributed by atoms with Crippen molar-refractivity contribution in [1.82, 2.24) is 0 Å². The summed E-state index contributed by atoms with van der Waals surface area (Å²) in [7, 11) is 0. The topological polar surface area (TPSA) is 78.9 Å². The van der Waals surface area contributed by atoms with E-state index in [9.17, 15) is 14.4 Å². The molecule has 2 aromatic carbocycles. The lowest BCUT2D eigenvalue weighted by Crippen LogP contribution is -2.12.